The molecule has 0 radical (unpaired) electrons. The summed E-state index contributed by atoms with van der Waals surface area (Å²) in [5, 5.41) is 4.30. The molecular formula is C24H28N4O2. The smallest absolute Gasteiger partial charge is 0.257 e. The Morgan fingerprint density at radius 3 is 2.50 bits per heavy atom. The molecule has 0 aliphatic carbocycles. The van der Waals surface area contributed by atoms with E-state index in [1.807, 2.05) is 55.1 Å². The summed E-state index contributed by atoms with van der Waals surface area (Å²) in [6.07, 6.45) is 6.13. The minimum Gasteiger partial charge on any atom is -0.494 e. The molecule has 156 valence electrons. The molecule has 1 fully saturated rings. The van der Waals surface area contributed by atoms with Crippen molar-refractivity contribution < 1.29 is 9.53 Å². The molecule has 6 nitrogen and oxygen atoms in total. The van der Waals surface area contributed by atoms with Crippen molar-refractivity contribution in [2.24, 2.45) is 0 Å². The molecule has 1 aromatic carbocycles. The number of ether oxygens (including phenoxy) is 1. The Morgan fingerprint density at radius 2 is 1.80 bits per heavy atom. The Morgan fingerprint density at radius 1 is 1.07 bits per heavy atom. The summed E-state index contributed by atoms with van der Waals surface area (Å²) in [4.78, 5) is 24.4. The molecule has 30 heavy (non-hydrogen) atoms. The number of nitrogens with zero attached hydrogens (tertiary/aromatic N) is 3. The van der Waals surface area contributed by atoms with Gasteiger partial charge in [0.05, 0.1) is 17.9 Å². The summed E-state index contributed by atoms with van der Waals surface area (Å²) in [7, 11) is 0. The zero-order valence-corrected chi connectivity index (χ0v) is 17.6. The van der Waals surface area contributed by atoms with E-state index < -0.39 is 0 Å². The molecule has 0 saturated carbocycles. The van der Waals surface area contributed by atoms with Crippen LogP contribution >= 0.6 is 0 Å². The van der Waals surface area contributed by atoms with Gasteiger partial charge in [-0.15, -0.1) is 0 Å². The highest BCUT2D eigenvalue weighted by atomic mass is 16.5. The molecule has 3 heterocycles. The third-order valence-corrected chi connectivity index (χ3v) is 5.43. The molecule has 1 N–H and O–H groups in total. The van der Waals surface area contributed by atoms with Crippen LogP contribution in [0.2, 0.25) is 0 Å². The van der Waals surface area contributed by atoms with E-state index in [1.54, 1.807) is 6.20 Å². The van der Waals surface area contributed by atoms with Gasteiger partial charge in [0.1, 0.15) is 5.75 Å². The first-order valence-corrected chi connectivity index (χ1v) is 10.7. The maximum absolute atomic E-state index is 13.4. The van der Waals surface area contributed by atoms with Gasteiger partial charge in [0, 0.05) is 36.1 Å². The van der Waals surface area contributed by atoms with Crippen LogP contribution in [0.1, 0.15) is 48.7 Å². The van der Waals surface area contributed by atoms with Gasteiger partial charge in [-0.3, -0.25) is 4.79 Å². The first kappa shape index (κ1) is 20.1. The number of carbonyl (C=O) groups is 1. The third kappa shape index (κ3) is 4.37. The van der Waals surface area contributed by atoms with Gasteiger partial charge in [-0.1, -0.05) is 12.8 Å². The van der Waals surface area contributed by atoms with Crippen LogP contribution in [0.15, 0.2) is 42.6 Å². The van der Waals surface area contributed by atoms with Crippen LogP contribution in [0.25, 0.3) is 11.0 Å². The summed E-state index contributed by atoms with van der Waals surface area (Å²) in [6, 6.07) is 11.7. The molecule has 6 heteroatoms. The molecule has 4 rings (SSSR count). The molecule has 3 aromatic rings. The van der Waals surface area contributed by atoms with Gasteiger partial charge in [-0.2, -0.15) is 0 Å². The summed E-state index contributed by atoms with van der Waals surface area (Å²) < 4.78 is 5.54. The summed E-state index contributed by atoms with van der Waals surface area (Å²) in [5.74, 6) is 0.848. The van der Waals surface area contributed by atoms with E-state index in [4.69, 9.17) is 4.74 Å². The van der Waals surface area contributed by atoms with Gasteiger partial charge in [-0.05, 0) is 63.1 Å². The number of pyridine rings is 2. The average molecular weight is 405 g/mol. The maximum Gasteiger partial charge on any atom is 0.257 e. The molecule has 1 amide bonds. The predicted molar refractivity (Wildman–Crippen MR) is 120 cm³/mol. The molecular weight excluding hydrogens is 376 g/mol. The van der Waals surface area contributed by atoms with Crippen molar-refractivity contribution in [2.45, 2.75) is 39.5 Å². The van der Waals surface area contributed by atoms with E-state index >= 15 is 0 Å². The minimum atomic E-state index is 0.0281. The highest BCUT2D eigenvalue weighted by Crippen LogP contribution is 2.30. The van der Waals surface area contributed by atoms with E-state index in [-0.39, 0.29) is 5.91 Å². The Hall–Kier alpha value is -3.15. The van der Waals surface area contributed by atoms with Crippen LogP contribution in [0.3, 0.4) is 0 Å². The van der Waals surface area contributed by atoms with E-state index in [1.165, 1.54) is 12.8 Å². The zero-order chi connectivity index (χ0) is 20.9. The summed E-state index contributed by atoms with van der Waals surface area (Å²) in [5.41, 5.74) is 3.76. The highest BCUT2D eigenvalue weighted by Gasteiger charge is 2.22. The Kier molecular flexibility index (Phi) is 6.12. The van der Waals surface area contributed by atoms with Gasteiger partial charge in [0.25, 0.3) is 5.91 Å². The number of anilines is 2. The van der Waals surface area contributed by atoms with E-state index in [2.05, 4.69) is 15.3 Å². The Bertz CT molecular complexity index is 1030. The molecule has 2 aromatic heterocycles. The van der Waals surface area contributed by atoms with Gasteiger partial charge in [0.2, 0.25) is 0 Å². The fourth-order valence-corrected chi connectivity index (χ4v) is 3.86. The molecule has 0 unspecified atom stereocenters. The van der Waals surface area contributed by atoms with E-state index in [0.717, 1.165) is 54.1 Å². The number of hydrogen-bond acceptors (Lipinski definition) is 5. The molecule has 0 spiro atoms. The van der Waals surface area contributed by atoms with E-state index in [0.29, 0.717) is 17.8 Å². The van der Waals surface area contributed by atoms with Gasteiger partial charge in [0.15, 0.2) is 5.65 Å². The SMILES string of the molecule is CCOc1ccc(Nc2c(C(=O)N3CCCCCC3)cnc3nc(C)ccc23)cc1. The van der Waals surface area contributed by atoms with Crippen LogP contribution < -0.4 is 10.1 Å². The van der Waals surface area contributed by atoms with Crippen molar-refractivity contribution in [3.05, 3.63) is 53.9 Å². The first-order chi connectivity index (χ1) is 14.7. The van der Waals surface area contributed by atoms with Gasteiger partial charge < -0.3 is 15.0 Å². The Balaban J connectivity index is 1.74. The third-order valence-electron chi connectivity index (χ3n) is 5.43. The van der Waals surface area contributed by atoms with Crippen LogP contribution in [0, 0.1) is 6.92 Å². The van der Waals surface area contributed by atoms with Crippen LogP contribution in [0.5, 0.6) is 5.75 Å². The normalized spacial score (nSPS) is 14.4. The molecule has 1 aliphatic heterocycles. The summed E-state index contributed by atoms with van der Waals surface area (Å²) >= 11 is 0. The lowest BCUT2D eigenvalue weighted by atomic mass is 10.1. The van der Waals surface area contributed by atoms with Crippen molar-refractivity contribution in [3.8, 4) is 5.75 Å². The predicted octanol–water partition coefficient (Wildman–Crippen LogP) is 5.10. The van der Waals surface area contributed by atoms with Crippen molar-refractivity contribution in [2.75, 3.05) is 25.0 Å². The van der Waals surface area contributed by atoms with Crippen molar-refractivity contribution in [1.82, 2.24) is 14.9 Å². The van der Waals surface area contributed by atoms with Crippen LogP contribution in [0.4, 0.5) is 11.4 Å². The number of amides is 1. The largest absolute Gasteiger partial charge is 0.494 e. The highest BCUT2D eigenvalue weighted by molar-refractivity contribution is 6.07. The van der Waals surface area contributed by atoms with Crippen molar-refractivity contribution in [3.63, 3.8) is 0 Å². The molecule has 0 bridgehead atoms. The molecule has 0 atom stereocenters. The number of fused-ring (bicyclic) bond motifs is 1. The average Bonchev–Trinajstić information content (AvgIpc) is 3.04. The molecule has 1 aliphatic rings. The second-order valence-electron chi connectivity index (χ2n) is 7.66. The number of likely N-dealkylation sites (tertiary alicyclic amines) is 1. The standard InChI is InChI=1S/C24H28N4O2/c1-3-30-19-11-9-18(10-12-19)27-22-20-13-8-17(2)26-23(20)25-16-21(22)24(29)28-14-6-4-5-7-15-28/h8-13,16H,3-7,14-15H2,1-2H3,(H,25,26,27). The van der Waals surface area contributed by atoms with Gasteiger partial charge >= 0.3 is 0 Å². The second-order valence-corrected chi connectivity index (χ2v) is 7.66. The number of hydrogen-bond donors (Lipinski definition) is 1. The lowest BCUT2D eigenvalue weighted by Gasteiger charge is -2.22. The van der Waals surface area contributed by atoms with E-state index in [9.17, 15) is 4.79 Å². The topological polar surface area (TPSA) is 67.3 Å². The minimum absolute atomic E-state index is 0.0281. The fourth-order valence-electron chi connectivity index (χ4n) is 3.86. The lowest BCUT2D eigenvalue weighted by Crippen LogP contribution is -2.32. The number of aryl methyl sites for hydroxylation is 1. The summed E-state index contributed by atoms with van der Waals surface area (Å²) in [6.45, 7) is 6.13. The number of benzene rings is 1. The van der Waals surface area contributed by atoms with Crippen molar-refractivity contribution >= 4 is 28.3 Å². The van der Waals surface area contributed by atoms with Crippen LogP contribution in [-0.4, -0.2) is 40.5 Å². The Labute approximate surface area is 177 Å². The second kappa shape index (κ2) is 9.11. The lowest BCUT2D eigenvalue weighted by molar-refractivity contribution is 0.0762. The maximum atomic E-state index is 13.4. The number of rotatable bonds is 5. The monoisotopic (exact) mass is 404 g/mol. The molecule has 1 saturated heterocycles. The van der Waals surface area contributed by atoms with Gasteiger partial charge in [-0.25, -0.2) is 9.97 Å². The van der Waals surface area contributed by atoms with Crippen molar-refractivity contribution in [1.29, 1.82) is 0 Å². The number of carbonyl (C=O) groups excluding carboxylic acids is 1. The number of nitrogens with one attached hydrogen (secondary N) is 1. The number of aromatic nitrogens is 2. The quantitative estimate of drug-likeness (QED) is 0.641. The fraction of sp³-hybridized carbons (Fsp3) is 0.375. The van der Waals surface area contributed by atoms with Crippen LogP contribution in [-0.2, 0) is 0 Å². The first-order valence-electron chi connectivity index (χ1n) is 10.7. The zero-order valence-electron chi connectivity index (χ0n) is 17.6.